The number of likely N-dealkylation sites (tertiary alicyclic amines) is 1. The molecule has 1 heterocycles. The lowest BCUT2D eigenvalue weighted by Crippen LogP contribution is -2.41. The summed E-state index contributed by atoms with van der Waals surface area (Å²) in [6.07, 6.45) is 4.84. The number of hydrogen-bond acceptors (Lipinski definition) is 4. The first-order valence-corrected chi connectivity index (χ1v) is 8.91. The average Bonchev–Trinajstić information content (AvgIpc) is 2.82. The number of ether oxygens (including phenoxy) is 1. The van der Waals surface area contributed by atoms with Crippen LogP contribution in [0.1, 0.15) is 45.4 Å². The fourth-order valence-corrected chi connectivity index (χ4v) is 3.78. The fraction of sp³-hybridized carbons (Fsp3) is 0.526. The van der Waals surface area contributed by atoms with Crippen LogP contribution in [0.3, 0.4) is 0 Å². The quantitative estimate of drug-likeness (QED) is 0.833. The highest BCUT2D eigenvalue weighted by atomic mass is 16.5. The van der Waals surface area contributed by atoms with Crippen molar-refractivity contribution in [2.24, 2.45) is 5.41 Å². The highest BCUT2D eigenvalue weighted by Gasteiger charge is 2.51. The van der Waals surface area contributed by atoms with E-state index in [1.54, 1.807) is 24.3 Å². The minimum absolute atomic E-state index is 0.168. The number of imide groups is 1. The van der Waals surface area contributed by atoms with Gasteiger partial charge in [0.05, 0.1) is 12.0 Å². The van der Waals surface area contributed by atoms with Gasteiger partial charge in [-0.25, -0.2) is 0 Å². The van der Waals surface area contributed by atoms with Crippen molar-refractivity contribution >= 4 is 23.4 Å². The number of benzene rings is 1. The van der Waals surface area contributed by atoms with Gasteiger partial charge in [0.1, 0.15) is 12.3 Å². The molecule has 1 aliphatic heterocycles. The van der Waals surface area contributed by atoms with Gasteiger partial charge in [0.25, 0.3) is 0 Å². The predicted molar refractivity (Wildman–Crippen MR) is 93.1 cm³/mol. The van der Waals surface area contributed by atoms with Crippen LogP contribution in [-0.4, -0.2) is 35.8 Å². The standard InChI is InChI=1S/C19H24N2O4/c1-2-25-15-8-6-14(7-9-15)20-16(22)13-21-17(23)12-19(18(21)24)10-4-3-5-11-19/h6-9H,2-5,10-13H2,1H3,(H,20,22). The molecular formula is C19H24N2O4. The molecule has 25 heavy (non-hydrogen) atoms. The van der Waals surface area contributed by atoms with E-state index < -0.39 is 5.41 Å². The number of carbonyl (C=O) groups is 3. The molecule has 1 aliphatic carbocycles. The Balaban J connectivity index is 1.60. The zero-order chi connectivity index (χ0) is 17.9. The molecule has 6 nitrogen and oxygen atoms in total. The van der Waals surface area contributed by atoms with Crippen LogP contribution in [0.25, 0.3) is 0 Å². The zero-order valence-electron chi connectivity index (χ0n) is 14.5. The number of amides is 3. The molecule has 0 aromatic heterocycles. The molecule has 1 N–H and O–H groups in total. The van der Waals surface area contributed by atoms with E-state index in [2.05, 4.69) is 5.32 Å². The third-order valence-corrected chi connectivity index (χ3v) is 5.05. The summed E-state index contributed by atoms with van der Waals surface area (Å²) in [4.78, 5) is 38.4. The number of nitrogens with zero attached hydrogens (tertiary/aromatic N) is 1. The number of rotatable bonds is 5. The van der Waals surface area contributed by atoms with Gasteiger partial charge >= 0.3 is 0 Å². The summed E-state index contributed by atoms with van der Waals surface area (Å²) in [7, 11) is 0. The second kappa shape index (κ2) is 7.25. The van der Waals surface area contributed by atoms with E-state index in [0.717, 1.165) is 42.8 Å². The van der Waals surface area contributed by atoms with Crippen LogP contribution in [0, 0.1) is 5.41 Å². The Hall–Kier alpha value is -2.37. The Labute approximate surface area is 147 Å². The third kappa shape index (κ3) is 3.67. The topological polar surface area (TPSA) is 75.7 Å². The lowest BCUT2D eigenvalue weighted by molar-refractivity contribution is -0.144. The van der Waals surface area contributed by atoms with E-state index in [4.69, 9.17) is 4.74 Å². The first kappa shape index (κ1) is 17.5. The van der Waals surface area contributed by atoms with Crippen molar-refractivity contribution < 1.29 is 19.1 Å². The maximum atomic E-state index is 12.7. The van der Waals surface area contributed by atoms with E-state index in [-0.39, 0.29) is 30.7 Å². The van der Waals surface area contributed by atoms with Gasteiger partial charge in [-0.05, 0) is 44.0 Å². The number of anilines is 1. The molecule has 1 aromatic carbocycles. The minimum Gasteiger partial charge on any atom is -0.494 e. The van der Waals surface area contributed by atoms with Crippen LogP contribution < -0.4 is 10.1 Å². The molecule has 0 radical (unpaired) electrons. The molecular weight excluding hydrogens is 320 g/mol. The summed E-state index contributed by atoms with van der Waals surface area (Å²) < 4.78 is 5.36. The lowest BCUT2D eigenvalue weighted by Gasteiger charge is -2.30. The van der Waals surface area contributed by atoms with Gasteiger partial charge < -0.3 is 10.1 Å². The Morgan fingerprint density at radius 3 is 2.48 bits per heavy atom. The first-order valence-electron chi connectivity index (χ1n) is 8.91. The van der Waals surface area contributed by atoms with Gasteiger partial charge in [-0.1, -0.05) is 19.3 Å². The molecule has 0 bridgehead atoms. The molecule has 134 valence electrons. The molecule has 2 aliphatic rings. The Kier molecular flexibility index (Phi) is 5.06. The van der Waals surface area contributed by atoms with Crippen LogP contribution in [0.15, 0.2) is 24.3 Å². The summed E-state index contributed by atoms with van der Waals surface area (Å²) in [6, 6.07) is 7.00. The average molecular weight is 344 g/mol. The number of nitrogens with one attached hydrogen (secondary N) is 1. The molecule has 1 aromatic rings. The number of carbonyl (C=O) groups excluding carboxylic acids is 3. The Morgan fingerprint density at radius 2 is 1.84 bits per heavy atom. The zero-order valence-corrected chi connectivity index (χ0v) is 14.5. The van der Waals surface area contributed by atoms with Crippen molar-refractivity contribution in [1.29, 1.82) is 0 Å². The van der Waals surface area contributed by atoms with Crippen LogP contribution >= 0.6 is 0 Å². The summed E-state index contributed by atoms with van der Waals surface area (Å²) in [6.45, 7) is 2.26. The maximum Gasteiger partial charge on any atom is 0.244 e. The molecule has 3 rings (SSSR count). The monoisotopic (exact) mass is 344 g/mol. The second-order valence-corrected chi connectivity index (χ2v) is 6.81. The van der Waals surface area contributed by atoms with E-state index in [1.165, 1.54) is 0 Å². The molecule has 2 fully saturated rings. The van der Waals surface area contributed by atoms with Crippen molar-refractivity contribution in [3.63, 3.8) is 0 Å². The lowest BCUT2D eigenvalue weighted by atomic mass is 9.73. The van der Waals surface area contributed by atoms with Crippen LogP contribution in [-0.2, 0) is 14.4 Å². The van der Waals surface area contributed by atoms with Crippen molar-refractivity contribution in [3.8, 4) is 5.75 Å². The summed E-state index contributed by atoms with van der Waals surface area (Å²) in [5.74, 6) is -0.0313. The molecule has 3 amide bonds. The van der Waals surface area contributed by atoms with Crippen molar-refractivity contribution in [2.75, 3.05) is 18.5 Å². The van der Waals surface area contributed by atoms with Gasteiger partial charge in [-0.2, -0.15) is 0 Å². The smallest absolute Gasteiger partial charge is 0.244 e. The molecule has 0 unspecified atom stereocenters. The van der Waals surface area contributed by atoms with Gasteiger partial charge in [-0.15, -0.1) is 0 Å². The molecule has 1 spiro atoms. The number of hydrogen-bond donors (Lipinski definition) is 1. The summed E-state index contributed by atoms with van der Waals surface area (Å²) in [5, 5.41) is 2.73. The van der Waals surface area contributed by atoms with Crippen molar-refractivity contribution in [3.05, 3.63) is 24.3 Å². The Morgan fingerprint density at radius 1 is 1.16 bits per heavy atom. The van der Waals surface area contributed by atoms with Gasteiger partial charge in [-0.3, -0.25) is 19.3 Å². The van der Waals surface area contributed by atoms with Gasteiger partial charge in [0, 0.05) is 12.1 Å². The fourth-order valence-electron chi connectivity index (χ4n) is 3.78. The highest BCUT2D eigenvalue weighted by molar-refractivity contribution is 6.09. The largest absolute Gasteiger partial charge is 0.494 e. The van der Waals surface area contributed by atoms with Gasteiger partial charge in [0.2, 0.25) is 17.7 Å². The minimum atomic E-state index is -0.547. The predicted octanol–water partition coefficient (Wildman–Crippen LogP) is 2.73. The molecule has 6 heteroatoms. The van der Waals surface area contributed by atoms with Crippen LogP contribution in [0.4, 0.5) is 5.69 Å². The van der Waals surface area contributed by atoms with Crippen LogP contribution in [0.2, 0.25) is 0 Å². The third-order valence-electron chi connectivity index (χ3n) is 5.05. The molecule has 0 atom stereocenters. The van der Waals surface area contributed by atoms with Gasteiger partial charge in [0.15, 0.2) is 0 Å². The molecule has 1 saturated carbocycles. The Bertz CT molecular complexity index is 663. The van der Waals surface area contributed by atoms with E-state index in [9.17, 15) is 14.4 Å². The van der Waals surface area contributed by atoms with Crippen LogP contribution in [0.5, 0.6) is 5.75 Å². The molecule has 1 saturated heterocycles. The first-order chi connectivity index (χ1) is 12.0. The second-order valence-electron chi connectivity index (χ2n) is 6.81. The van der Waals surface area contributed by atoms with E-state index in [0.29, 0.717) is 12.3 Å². The normalized spacial score (nSPS) is 19.3. The van der Waals surface area contributed by atoms with E-state index in [1.807, 2.05) is 6.92 Å². The van der Waals surface area contributed by atoms with Crippen molar-refractivity contribution in [1.82, 2.24) is 4.90 Å². The van der Waals surface area contributed by atoms with E-state index >= 15 is 0 Å². The van der Waals surface area contributed by atoms with Crippen molar-refractivity contribution in [2.45, 2.75) is 45.4 Å². The highest BCUT2D eigenvalue weighted by Crippen LogP contribution is 2.45. The summed E-state index contributed by atoms with van der Waals surface area (Å²) >= 11 is 0. The maximum absolute atomic E-state index is 12.7. The summed E-state index contributed by atoms with van der Waals surface area (Å²) in [5.41, 5.74) is 0.0642. The SMILES string of the molecule is CCOc1ccc(NC(=O)CN2C(=O)CC3(CCCCC3)C2=O)cc1.